The molecule has 2 aromatic rings. The van der Waals surface area contributed by atoms with E-state index >= 15 is 0 Å². The summed E-state index contributed by atoms with van der Waals surface area (Å²) in [4.78, 5) is 13.2. The van der Waals surface area contributed by atoms with Crippen molar-refractivity contribution in [3.05, 3.63) is 39.7 Å². The lowest BCUT2D eigenvalue weighted by molar-refractivity contribution is -0.922. The van der Waals surface area contributed by atoms with Gasteiger partial charge in [0, 0.05) is 29.0 Å². The first-order valence-corrected chi connectivity index (χ1v) is 8.33. The molecule has 5 nitrogen and oxygen atoms in total. The Morgan fingerprint density at radius 1 is 1.30 bits per heavy atom. The number of hydrogen-bond acceptors (Lipinski definition) is 4. The van der Waals surface area contributed by atoms with E-state index in [1.54, 1.807) is 12.1 Å². The minimum absolute atomic E-state index is 0.172. The van der Waals surface area contributed by atoms with Crippen LogP contribution in [-0.2, 0) is 13.0 Å². The second-order valence-corrected chi connectivity index (χ2v) is 6.49. The molecule has 1 saturated heterocycles. The number of aromatic hydroxyl groups is 1. The highest BCUT2D eigenvalue weighted by Crippen LogP contribution is 2.26. The number of aliphatic hydroxyl groups is 1. The maximum atomic E-state index is 11.8. The molecule has 0 radical (unpaired) electrons. The van der Waals surface area contributed by atoms with Crippen molar-refractivity contribution in [2.24, 2.45) is 5.92 Å². The van der Waals surface area contributed by atoms with E-state index in [1.165, 1.54) is 4.90 Å². The highest BCUT2D eigenvalue weighted by Gasteiger charge is 2.23. The summed E-state index contributed by atoms with van der Waals surface area (Å²) in [6.45, 7) is 4.94. The van der Waals surface area contributed by atoms with E-state index in [9.17, 15) is 15.0 Å². The van der Waals surface area contributed by atoms with Crippen LogP contribution in [0.4, 0.5) is 0 Å². The minimum atomic E-state index is -0.383. The molecule has 3 N–H and O–H groups in total. The molecule has 0 bridgehead atoms. The van der Waals surface area contributed by atoms with Gasteiger partial charge < -0.3 is 19.5 Å². The molecular formula is C18H24NO4+. The van der Waals surface area contributed by atoms with Gasteiger partial charge in [0.05, 0.1) is 19.7 Å². The van der Waals surface area contributed by atoms with Crippen molar-refractivity contribution in [3.63, 3.8) is 0 Å². The summed E-state index contributed by atoms with van der Waals surface area (Å²) in [5.41, 5.74) is 1.87. The van der Waals surface area contributed by atoms with E-state index in [-0.39, 0.29) is 18.0 Å². The molecule has 23 heavy (non-hydrogen) atoms. The van der Waals surface area contributed by atoms with Crippen LogP contribution >= 0.6 is 0 Å². The van der Waals surface area contributed by atoms with Gasteiger partial charge in [-0.15, -0.1) is 0 Å². The number of aryl methyl sites for hydroxylation is 1. The third kappa shape index (κ3) is 3.41. The van der Waals surface area contributed by atoms with E-state index in [0.717, 1.165) is 55.4 Å². The normalized spacial score (nSPS) is 21.7. The van der Waals surface area contributed by atoms with Gasteiger partial charge in [-0.1, -0.05) is 6.92 Å². The third-order valence-electron chi connectivity index (χ3n) is 4.83. The van der Waals surface area contributed by atoms with Crippen molar-refractivity contribution in [1.82, 2.24) is 0 Å². The summed E-state index contributed by atoms with van der Waals surface area (Å²) >= 11 is 0. The largest absolute Gasteiger partial charge is 0.508 e. The molecule has 0 aliphatic carbocycles. The van der Waals surface area contributed by atoms with Crippen LogP contribution in [0.2, 0.25) is 0 Å². The van der Waals surface area contributed by atoms with Gasteiger partial charge in [0.25, 0.3) is 0 Å². The lowest BCUT2D eigenvalue weighted by Crippen LogP contribution is -3.12. The number of benzene rings is 1. The van der Waals surface area contributed by atoms with Crippen molar-refractivity contribution in [1.29, 1.82) is 0 Å². The molecule has 1 unspecified atom stereocenters. The second kappa shape index (κ2) is 6.72. The van der Waals surface area contributed by atoms with Gasteiger partial charge in [-0.25, -0.2) is 4.79 Å². The molecule has 0 saturated carbocycles. The zero-order valence-corrected chi connectivity index (χ0v) is 13.5. The van der Waals surface area contributed by atoms with E-state index in [4.69, 9.17) is 4.42 Å². The zero-order chi connectivity index (χ0) is 16.4. The Labute approximate surface area is 135 Å². The Hall–Kier alpha value is -1.85. The molecule has 0 spiro atoms. The lowest BCUT2D eigenvalue weighted by atomic mass is 9.98. The third-order valence-corrected chi connectivity index (χ3v) is 4.83. The maximum absolute atomic E-state index is 11.8. The number of quaternary nitrogens is 1. The number of hydrogen-bond donors (Lipinski definition) is 3. The Kier molecular flexibility index (Phi) is 4.68. The summed E-state index contributed by atoms with van der Waals surface area (Å²) in [7, 11) is 0. The van der Waals surface area contributed by atoms with E-state index in [1.807, 2.05) is 13.0 Å². The van der Waals surface area contributed by atoms with Crippen molar-refractivity contribution in [2.75, 3.05) is 19.7 Å². The molecule has 124 valence electrons. The molecule has 2 atom stereocenters. The first-order valence-electron chi connectivity index (χ1n) is 8.33. The van der Waals surface area contributed by atoms with Crippen LogP contribution in [-0.4, -0.2) is 29.9 Å². The predicted molar refractivity (Wildman–Crippen MR) is 87.7 cm³/mol. The zero-order valence-electron chi connectivity index (χ0n) is 13.5. The molecule has 1 aliphatic heterocycles. The number of aliphatic hydroxyl groups excluding tert-OH is 1. The smallest absolute Gasteiger partial charge is 0.336 e. The van der Waals surface area contributed by atoms with Crippen molar-refractivity contribution in [3.8, 4) is 5.75 Å². The van der Waals surface area contributed by atoms with Gasteiger partial charge in [-0.3, -0.25) is 0 Å². The molecule has 0 amide bonds. The number of likely N-dealkylation sites (tertiary alicyclic amines) is 1. The van der Waals surface area contributed by atoms with Gasteiger partial charge in [-0.2, -0.15) is 0 Å². The van der Waals surface area contributed by atoms with Gasteiger partial charge in [-0.05, 0) is 30.9 Å². The van der Waals surface area contributed by atoms with Crippen molar-refractivity contribution in [2.45, 2.75) is 32.7 Å². The monoisotopic (exact) mass is 318 g/mol. The molecular weight excluding hydrogens is 294 g/mol. The lowest BCUT2D eigenvalue weighted by Gasteiger charge is -2.29. The topological polar surface area (TPSA) is 75.1 Å². The van der Waals surface area contributed by atoms with Crippen LogP contribution in [0.25, 0.3) is 11.0 Å². The summed E-state index contributed by atoms with van der Waals surface area (Å²) in [5, 5.41) is 20.3. The average molecular weight is 318 g/mol. The average Bonchev–Trinajstić information content (AvgIpc) is 2.54. The summed E-state index contributed by atoms with van der Waals surface area (Å²) in [6, 6.07) is 5.03. The van der Waals surface area contributed by atoms with Crippen LogP contribution < -0.4 is 10.5 Å². The van der Waals surface area contributed by atoms with E-state index < -0.39 is 0 Å². The molecule has 1 fully saturated rings. The summed E-state index contributed by atoms with van der Waals surface area (Å²) in [6.07, 6.45) is 2.90. The van der Waals surface area contributed by atoms with Crippen LogP contribution in [0.3, 0.4) is 0 Å². The number of phenols is 1. The highest BCUT2D eigenvalue weighted by atomic mass is 16.4. The number of phenolic OH excluding ortho intramolecular Hbond substituents is 1. The van der Waals surface area contributed by atoms with Gasteiger partial charge in [0.1, 0.15) is 17.9 Å². The molecule has 1 aromatic heterocycles. The first kappa shape index (κ1) is 16.0. The van der Waals surface area contributed by atoms with Crippen LogP contribution in [0.1, 0.15) is 30.9 Å². The Morgan fingerprint density at radius 3 is 2.87 bits per heavy atom. The molecule has 3 rings (SSSR count). The predicted octanol–water partition coefficient (Wildman–Crippen LogP) is 0.848. The number of nitrogens with one attached hydrogen (secondary N) is 1. The Balaban J connectivity index is 1.97. The fourth-order valence-corrected chi connectivity index (χ4v) is 3.58. The van der Waals surface area contributed by atoms with Gasteiger partial charge in [0.2, 0.25) is 0 Å². The van der Waals surface area contributed by atoms with Gasteiger partial charge in [0.15, 0.2) is 0 Å². The van der Waals surface area contributed by atoms with Crippen LogP contribution in [0.15, 0.2) is 27.4 Å². The molecule has 1 aliphatic rings. The van der Waals surface area contributed by atoms with Crippen LogP contribution in [0, 0.1) is 5.92 Å². The van der Waals surface area contributed by atoms with Crippen molar-refractivity contribution < 1.29 is 19.5 Å². The number of rotatable bonds is 4. The SMILES string of the molecule is CCc1cc2c(C[NH+]3CCC[C@@H](CO)C3)cc(=O)oc2cc1O. The minimum Gasteiger partial charge on any atom is -0.508 e. The van der Waals surface area contributed by atoms with E-state index in [0.29, 0.717) is 11.5 Å². The Bertz CT molecular complexity index is 753. The van der Waals surface area contributed by atoms with Gasteiger partial charge >= 0.3 is 5.63 Å². The fourth-order valence-electron chi connectivity index (χ4n) is 3.58. The van der Waals surface area contributed by atoms with Crippen LogP contribution in [0.5, 0.6) is 5.75 Å². The standard InChI is InChI=1S/C18H23NO4/c1-2-13-6-15-14(7-18(22)23-17(15)8-16(13)21)10-19-5-3-4-12(9-19)11-20/h6-8,12,20-21H,2-5,9-11H2,1H3/p+1/t12-/m1/s1. The summed E-state index contributed by atoms with van der Waals surface area (Å²) in [5.74, 6) is 0.520. The molecule has 2 heterocycles. The first-order chi connectivity index (χ1) is 11.1. The Morgan fingerprint density at radius 2 is 2.13 bits per heavy atom. The number of piperidine rings is 1. The van der Waals surface area contributed by atoms with Crippen molar-refractivity contribution >= 4 is 11.0 Å². The summed E-state index contributed by atoms with van der Waals surface area (Å²) < 4.78 is 5.25. The van der Waals surface area contributed by atoms with E-state index in [2.05, 4.69) is 0 Å². The maximum Gasteiger partial charge on any atom is 0.336 e. The second-order valence-electron chi connectivity index (χ2n) is 6.49. The number of fused-ring (bicyclic) bond motifs is 1. The molecule has 1 aromatic carbocycles. The quantitative estimate of drug-likeness (QED) is 0.731. The molecule has 5 heteroatoms. The highest BCUT2D eigenvalue weighted by molar-refractivity contribution is 5.82. The fraction of sp³-hybridized carbons (Fsp3) is 0.500.